The lowest BCUT2D eigenvalue weighted by molar-refractivity contribution is -0.107. The fourth-order valence-electron chi connectivity index (χ4n) is 3.63. The van der Waals surface area contributed by atoms with E-state index in [4.69, 9.17) is 14.9 Å². The Hall–Kier alpha value is -4.26. The number of furan rings is 1. The molecule has 0 aliphatic heterocycles. The van der Waals surface area contributed by atoms with Crippen LogP contribution in [-0.2, 0) is 11.2 Å². The highest BCUT2D eigenvalue weighted by molar-refractivity contribution is 6.05. The number of benzene rings is 3. The zero-order chi connectivity index (χ0) is 23.2. The van der Waals surface area contributed by atoms with E-state index in [-0.39, 0.29) is 12.5 Å². The molecule has 0 saturated heterocycles. The van der Waals surface area contributed by atoms with Crippen molar-refractivity contribution >= 4 is 40.5 Å². The van der Waals surface area contributed by atoms with Crippen molar-refractivity contribution < 1.29 is 18.7 Å². The van der Waals surface area contributed by atoms with Gasteiger partial charge >= 0.3 is 0 Å². The summed E-state index contributed by atoms with van der Waals surface area (Å²) in [6, 6.07) is 21.6. The van der Waals surface area contributed by atoms with Gasteiger partial charge in [0.05, 0.1) is 17.9 Å². The summed E-state index contributed by atoms with van der Waals surface area (Å²) in [4.78, 5) is 25.7. The molecule has 0 unspecified atom stereocenters. The highest BCUT2D eigenvalue weighted by atomic mass is 16.5. The quantitative estimate of drug-likeness (QED) is 0.284. The van der Waals surface area contributed by atoms with E-state index < -0.39 is 0 Å². The van der Waals surface area contributed by atoms with Crippen molar-refractivity contribution in [2.45, 2.75) is 13.3 Å². The first kappa shape index (κ1) is 22.0. The molecule has 4 aromatic rings. The zero-order valence-corrected chi connectivity index (χ0v) is 18.3. The van der Waals surface area contributed by atoms with Gasteiger partial charge in [0.1, 0.15) is 17.9 Å². The molecule has 3 N–H and O–H groups in total. The van der Waals surface area contributed by atoms with Gasteiger partial charge in [0.2, 0.25) is 12.3 Å². The molecule has 33 heavy (non-hydrogen) atoms. The van der Waals surface area contributed by atoms with E-state index in [1.807, 2.05) is 31.2 Å². The number of anilines is 3. The van der Waals surface area contributed by atoms with Crippen LogP contribution in [-0.4, -0.2) is 25.5 Å². The minimum Gasteiger partial charge on any atom is -0.492 e. The third-order valence-corrected chi connectivity index (χ3v) is 5.35. The fourth-order valence-corrected chi connectivity index (χ4v) is 3.63. The molecule has 0 fully saturated rings. The Morgan fingerprint density at radius 2 is 1.79 bits per heavy atom. The predicted molar refractivity (Wildman–Crippen MR) is 130 cm³/mol. The smallest absolute Gasteiger partial charge is 0.255 e. The van der Waals surface area contributed by atoms with Crippen LogP contribution in [0.25, 0.3) is 11.0 Å². The molecule has 0 atom stereocenters. The van der Waals surface area contributed by atoms with Gasteiger partial charge in [0.15, 0.2) is 0 Å². The van der Waals surface area contributed by atoms with Crippen LogP contribution in [0.15, 0.2) is 77.2 Å². The first-order valence-electron chi connectivity index (χ1n) is 10.7. The molecule has 1 heterocycles. The first-order valence-corrected chi connectivity index (χ1v) is 10.7. The predicted octanol–water partition coefficient (Wildman–Crippen LogP) is 4.87. The van der Waals surface area contributed by atoms with E-state index in [2.05, 4.69) is 5.32 Å². The van der Waals surface area contributed by atoms with Gasteiger partial charge in [-0.05, 0) is 48.9 Å². The molecule has 0 radical (unpaired) electrons. The van der Waals surface area contributed by atoms with Crippen LogP contribution in [0.3, 0.4) is 0 Å². The largest absolute Gasteiger partial charge is 0.492 e. The van der Waals surface area contributed by atoms with Crippen LogP contribution < -0.4 is 20.7 Å². The lowest BCUT2D eigenvalue weighted by Gasteiger charge is -2.16. The third-order valence-electron chi connectivity index (χ3n) is 5.35. The number of carbonyl (C=O) groups is 2. The van der Waals surface area contributed by atoms with E-state index >= 15 is 0 Å². The van der Waals surface area contributed by atoms with Gasteiger partial charge in [-0.2, -0.15) is 0 Å². The van der Waals surface area contributed by atoms with Gasteiger partial charge in [-0.25, -0.2) is 0 Å². The molecule has 1 aromatic heterocycles. The SMILES string of the molecule is CCc1c(N(C=O)CCOc2ccc(C(=O)Nc3ccccc3N)cc2)oc2ccccc12. The van der Waals surface area contributed by atoms with Crippen LogP contribution >= 0.6 is 0 Å². The number of fused-ring (bicyclic) bond motifs is 1. The number of nitrogens with one attached hydrogen (secondary N) is 1. The fraction of sp³-hybridized carbons (Fsp3) is 0.154. The monoisotopic (exact) mass is 443 g/mol. The van der Waals surface area contributed by atoms with Crippen LogP contribution in [0.2, 0.25) is 0 Å². The van der Waals surface area contributed by atoms with E-state index in [0.717, 1.165) is 29.4 Å². The topological polar surface area (TPSA) is 97.8 Å². The first-order chi connectivity index (χ1) is 16.1. The molecule has 0 bridgehead atoms. The Morgan fingerprint density at radius 3 is 2.52 bits per heavy atom. The molecule has 2 amide bonds. The second-order valence-corrected chi connectivity index (χ2v) is 7.45. The van der Waals surface area contributed by atoms with Gasteiger partial charge in [-0.3, -0.25) is 14.5 Å². The number of para-hydroxylation sites is 3. The Bertz CT molecular complexity index is 1260. The van der Waals surface area contributed by atoms with E-state index in [9.17, 15) is 9.59 Å². The molecule has 168 valence electrons. The summed E-state index contributed by atoms with van der Waals surface area (Å²) >= 11 is 0. The normalized spacial score (nSPS) is 10.7. The number of rotatable bonds is 9. The van der Waals surface area contributed by atoms with Crippen molar-refractivity contribution in [2.75, 3.05) is 29.1 Å². The van der Waals surface area contributed by atoms with Crippen molar-refractivity contribution in [1.82, 2.24) is 0 Å². The Morgan fingerprint density at radius 1 is 1.06 bits per heavy atom. The van der Waals surface area contributed by atoms with E-state index in [1.54, 1.807) is 48.5 Å². The van der Waals surface area contributed by atoms with Crippen LogP contribution in [0.1, 0.15) is 22.8 Å². The maximum atomic E-state index is 12.4. The number of aryl methyl sites for hydroxylation is 1. The summed E-state index contributed by atoms with van der Waals surface area (Å²) in [5.74, 6) is 0.880. The number of nitrogens with two attached hydrogens (primary N) is 1. The number of nitrogen functional groups attached to an aromatic ring is 1. The van der Waals surface area contributed by atoms with E-state index in [0.29, 0.717) is 35.1 Å². The molecule has 4 rings (SSSR count). The number of nitrogens with zero attached hydrogens (tertiary/aromatic N) is 1. The lowest BCUT2D eigenvalue weighted by atomic mass is 10.1. The van der Waals surface area contributed by atoms with Crippen LogP contribution in [0.4, 0.5) is 17.3 Å². The second-order valence-electron chi connectivity index (χ2n) is 7.45. The lowest BCUT2D eigenvalue weighted by Crippen LogP contribution is -2.27. The van der Waals surface area contributed by atoms with Gasteiger partial charge in [0.25, 0.3) is 5.91 Å². The van der Waals surface area contributed by atoms with Crippen molar-refractivity contribution in [3.05, 3.63) is 83.9 Å². The number of hydrogen-bond acceptors (Lipinski definition) is 5. The maximum absolute atomic E-state index is 12.4. The van der Waals surface area contributed by atoms with Crippen LogP contribution in [0.5, 0.6) is 5.75 Å². The molecule has 3 aromatic carbocycles. The Balaban J connectivity index is 1.37. The molecule has 0 aliphatic carbocycles. The van der Waals surface area contributed by atoms with Gasteiger partial charge in [0, 0.05) is 16.5 Å². The summed E-state index contributed by atoms with van der Waals surface area (Å²) in [7, 11) is 0. The standard InChI is InChI=1S/C26H25N3O4/c1-2-20-21-7-3-6-10-24(21)33-26(20)29(17-30)15-16-32-19-13-11-18(12-14-19)25(31)28-23-9-5-4-8-22(23)27/h3-14,17H,2,15-16,27H2,1H3,(H,28,31). The molecule has 0 spiro atoms. The molecular weight excluding hydrogens is 418 g/mol. The summed E-state index contributed by atoms with van der Waals surface area (Å²) in [5.41, 5.74) is 9.17. The minimum atomic E-state index is -0.261. The Kier molecular flexibility index (Phi) is 6.59. The molecule has 7 heteroatoms. The van der Waals surface area contributed by atoms with Gasteiger partial charge in [-0.15, -0.1) is 0 Å². The summed E-state index contributed by atoms with van der Waals surface area (Å²) in [6.45, 7) is 2.63. The number of amides is 2. The van der Waals surface area contributed by atoms with Crippen LogP contribution in [0, 0.1) is 0 Å². The van der Waals surface area contributed by atoms with Gasteiger partial charge < -0.3 is 20.2 Å². The third kappa shape index (κ3) is 4.82. The molecule has 0 saturated carbocycles. The maximum Gasteiger partial charge on any atom is 0.255 e. The highest BCUT2D eigenvalue weighted by Crippen LogP contribution is 2.32. The highest BCUT2D eigenvalue weighted by Gasteiger charge is 2.18. The number of hydrogen-bond donors (Lipinski definition) is 2. The molecule has 0 aliphatic rings. The Labute approximate surface area is 191 Å². The minimum absolute atomic E-state index is 0.261. The van der Waals surface area contributed by atoms with Crippen molar-refractivity contribution in [2.24, 2.45) is 0 Å². The zero-order valence-electron chi connectivity index (χ0n) is 18.3. The number of carbonyl (C=O) groups excluding carboxylic acids is 2. The molecule has 7 nitrogen and oxygen atoms in total. The summed E-state index contributed by atoms with van der Waals surface area (Å²) in [5, 5.41) is 3.80. The average molecular weight is 444 g/mol. The van der Waals surface area contributed by atoms with Gasteiger partial charge in [-0.1, -0.05) is 37.3 Å². The van der Waals surface area contributed by atoms with E-state index in [1.165, 1.54) is 4.90 Å². The average Bonchev–Trinajstić information content (AvgIpc) is 3.22. The summed E-state index contributed by atoms with van der Waals surface area (Å²) in [6.07, 6.45) is 1.50. The second kappa shape index (κ2) is 9.91. The van der Waals surface area contributed by atoms with Crippen molar-refractivity contribution in [3.63, 3.8) is 0 Å². The molecular formula is C26H25N3O4. The van der Waals surface area contributed by atoms with Crippen molar-refractivity contribution in [3.8, 4) is 5.75 Å². The summed E-state index contributed by atoms with van der Waals surface area (Å²) < 4.78 is 11.7. The number of ether oxygens (including phenoxy) is 1. The van der Waals surface area contributed by atoms with Crippen molar-refractivity contribution in [1.29, 1.82) is 0 Å².